The molecule has 0 aliphatic carbocycles. The number of benzene rings is 2. The van der Waals surface area contributed by atoms with Gasteiger partial charge in [-0.3, -0.25) is 0 Å². The molecule has 1 atom stereocenters. The van der Waals surface area contributed by atoms with Crippen LogP contribution in [0.5, 0.6) is 11.5 Å². The Morgan fingerprint density at radius 1 is 1.24 bits per heavy atom. The van der Waals surface area contributed by atoms with E-state index < -0.39 is 5.82 Å². The smallest absolute Gasteiger partial charge is 0.165 e. The molecule has 2 N–H and O–H groups in total. The molecule has 0 saturated carbocycles. The van der Waals surface area contributed by atoms with E-state index in [4.69, 9.17) is 15.2 Å². The standard InChI is InChI=1S/C16H17BrFNO2/c1-3-21-11-5-6-12(13(17)9-11)16(19)10-4-7-14(18)15(8-10)20-2/h4-9,16H,3,19H2,1-2H3. The van der Waals surface area contributed by atoms with Crippen LogP contribution in [-0.4, -0.2) is 13.7 Å². The van der Waals surface area contributed by atoms with Crippen molar-refractivity contribution in [2.24, 2.45) is 5.73 Å². The molecule has 0 fully saturated rings. The van der Waals surface area contributed by atoms with E-state index in [1.807, 2.05) is 25.1 Å². The maximum atomic E-state index is 13.5. The minimum absolute atomic E-state index is 0.185. The fraction of sp³-hybridized carbons (Fsp3) is 0.250. The fourth-order valence-electron chi connectivity index (χ4n) is 2.07. The van der Waals surface area contributed by atoms with Crippen molar-refractivity contribution in [3.8, 4) is 11.5 Å². The van der Waals surface area contributed by atoms with Crippen LogP contribution in [-0.2, 0) is 0 Å². The van der Waals surface area contributed by atoms with Crippen molar-refractivity contribution in [3.63, 3.8) is 0 Å². The zero-order chi connectivity index (χ0) is 15.4. The lowest BCUT2D eigenvalue weighted by atomic mass is 9.99. The summed E-state index contributed by atoms with van der Waals surface area (Å²) < 4.78 is 24.7. The highest BCUT2D eigenvalue weighted by Crippen LogP contribution is 2.32. The second-order valence-electron chi connectivity index (χ2n) is 4.49. The molecule has 1 unspecified atom stereocenters. The lowest BCUT2D eigenvalue weighted by Gasteiger charge is -2.16. The van der Waals surface area contributed by atoms with Gasteiger partial charge < -0.3 is 15.2 Å². The van der Waals surface area contributed by atoms with Crippen molar-refractivity contribution in [1.82, 2.24) is 0 Å². The van der Waals surface area contributed by atoms with E-state index in [1.165, 1.54) is 13.2 Å². The molecule has 2 rings (SSSR count). The van der Waals surface area contributed by atoms with Crippen molar-refractivity contribution >= 4 is 15.9 Å². The van der Waals surface area contributed by atoms with Crippen molar-refractivity contribution in [3.05, 3.63) is 57.8 Å². The summed E-state index contributed by atoms with van der Waals surface area (Å²) in [5.74, 6) is 0.557. The molecule has 0 amide bonds. The summed E-state index contributed by atoms with van der Waals surface area (Å²) in [4.78, 5) is 0. The Labute approximate surface area is 132 Å². The summed E-state index contributed by atoms with van der Waals surface area (Å²) in [6, 6.07) is 9.88. The van der Waals surface area contributed by atoms with E-state index in [1.54, 1.807) is 12.1 Å². The molecule has 0 radical (unpaired) electrons. The Kier molecular flexibility index (Phi) is 5.20. The Morgan fingerprint density at radius 3 is 2.62 bits per heavy atom. The van der Waals surface area contributed by atoms with Gasteiger partial charge in [0.25, 0.3) is 0 Å². The molecule has 3 nitrogen and oxygen atoms in total. The lowest BCUT2D eigenvalue weighted by molar-refractivity contribution is 0.340. The maximum absolute atomic E-state index is 13.5. The Morgan fingerprint density at radius 2 is 2.00 bits per heavy atom. The van der Waals surface area contributed by atoms with Crippen molar-refractivity contribution in [2.75, 3.05) is 13.7 Å². The van der Waals surface area contributed by atoms with Crippen LogP contribution in [0.3, 0.4) is 0 Å². The normalized spacial score (nSPS) is 12.0. The van der Waals surface area contributed by atoms with Crippen LogP contribution >= 0.6 is 15.9 Å². The van der Waals surface area contributed by atoms with Crippen LogP contribution in [0.25, 0.3) is 0 Å². The third kappa shape index (κ3) is 3.54. The summed E-state index contributed by atoms with van der Waals surface area (Å²) in [5, 5.41) is 0. The van der Waals surface area contributed by atoms with Crippen LogP contribution < -0.4 is 15.2 Å². The van der Waals surface area contributed by atoms with Gasteiger partial charge in [-0.25, -0.2) is 4.39 Å². The second kappa shape index (κ2) is 6.91. The zero-order valence-corrected chi connectivity index (χ0v) is 13.5. The van der Waals surface area contributed by atoms with Gasteiger partial charge in [0, 0.05) is 4.47 Å². The monoisotopic (exact) mass is 353 g/mol. The number of rotatable bonds is 5. The number of hydrogen-bond donors (Lipinski definition) is 1. The van der Waals surface area contributed by atoms with Gasteiger partial charge in [-0.05, 0) is 42.3 Å². The number of halogens is 2. The van der Waals surface area contributed by atoms with Crippen molar-refractivity contribution in [1.29, 1.82) is 0 Å². The zero-order valence-electron chi connectivity index (χ0n) is 11.9. The number of nitrogens with two attached hydrogens (primary N) is 1. The van der Waals surface area contributed by atoms with Crippen molar-refractivity contribution in [2.45, 2.75) is 13.0 Å². The molecule has 0 aliphatic heterocycles. The summed E-state index contributed by atoms with van der Waals surface area (Å²) in [7, 11) is 1.43. The quantitative estimate of drug-likeness (QED) is 0.881. The van der Waals surface area contributed by atoms with E-state index in [0.29, 0.717) is 6.61 Å². The Balaban J connectivity index is 2.33. The minimum Gasteiger partial charge on any atom is -0.494 e. The van der Waals surface area contributed by atoms with Gasteiger partial charge >= 0.3 is 0 Å². The number of hydrogen-bond acceptors (Lipinski definition) is 3. The predicted molar refractivity (Wildman–Crippen MR) is 84.3 cm³/mol. The first-order valence-corrected chi connectivity index (χ1v) is 7.37. The molecule has 0 aliphatic rings. The van der Waals surface area contributed by atoms with Gasteiger partial charge in [-0.1, -0.05) is 28.1 Å². The Hall–Kier alpha value is -1.59. The molecule has 2 aromatic rings. The fourth-order valence-corrected chi connectivity index (χ4v) is 2.67. The molecule has 0 bridgehead atoms. The van der Waals surface area contributed by atoms with Crippen molar-refractivity contribution < 1.29 is 13.9 Å². The first kappa shape index (κ1) is 15.8. The molecular formula is C16H17BrFNO2. The highest BCUT2D eigenvalue weighted by molar-refractivity contribution is 9.10. The number of methoxy groups -OCH3 is 1. The highest BCUT2D eigenvalue weighted by Gasteiger charge is 2.15. The van der Waals surface area contributed by atoms with Crippen LogP contribution in [0.2, 0.25) is 0 Å². The van der Waals surface area contributed by atoms with E-state index >= 15 is 0 Å². The Bertz CT molecular complexity index is 634. The molecule has 0 saturated heterocycles. The predicted octanol–water partition coefficient (Wildman–Crippen LogP) is 4.04. The average molecular weight is 354 g/mol. The summed E-state index contributed by atoms with van der Waals surface area (Å²) in [6.45, 7) is 2.53. The second-order valence-corrected chi connectivity index (χ2v) is 5.34. The lowest BCUT2D eigenvalue weighted by Crippen LogP contribution is -2.13. The van der Waals surface area contributed by atoms with E-state index in [2.05, 4.69) is 15.9 Å². The molecule has 0 aromatic heterocycles. The molecular weight excluding hydrogens is 337 g/mol. The SMILES string of the molecule is CCOc1ccc(C(N)c2ccc(F)c(OC)c2)c(Br)c1. The largest absolute Gasteiger partial charge is 0.494 e. The van der Waals surface area contributed by atoms with E-state index in [9.17, 15) is 4.39 Å². The van der Waals surface area contributed by atoms with Gasteiger partial charge in [0.2, 0.25) is 0 Å². The summed E-state index contributed by atoms with van der Waals surface area (Å²) >= 11 is 3.50. The van der Waals surface area contributed by atoms with Gasteiger partial charge in [0.05, 0.1) is 19.8 Å². The van der Waals surface area contributed by atoms with Crippen LogP contribution in [0.1, 0.15) is 24.1 Å². The molecule has 5 heteroatoms. The van der Waals surface area contributed by atoms with Crippen LogP contribution in [0.4, 0.5) is 4.39 Å². The molecule has 2 aromatic carbocycles. The van der Waals surface area contributed by atoms with E-state index in [-0.39, 0.29) is 11.8 Å². The molecule has 0 heterocycles. The van der Waals surface area contributed by atoms with E-state index in [0.717, 1.165) is 21.3 Å². The van der Waals surface area contributed by atoms with Gasteiger partial charge in [0.1, 0.15) is 5.75 Å². The highest BCUT2D eigenvalue weighted by atomic mass is 79.9. The van der Waals surface area contributed by atoms with Crippen LogP contribution in [0, 0.1) is 5.82 Å². The maximum Gasteiger partial charge on any atom is 0.165 e. The number of ether oxygens (including phenoxy) is 2. The first-order valence-electron chi connectivity index (χ1n) is 6.58. The molecule has 112 valence electrons. The first-order chi connectivity index (χ1) is 10.1. The third-order valence-corrected chi connectivity index (χ3v) is 3.84. The minimum atomic E-state index is -0.404. The molecule has 21 heavy (non-hydrogen) atoms. The third-order valence-electron chi connectivity index (χ3n) is 3.15. The van der Waals surface area contributed by atoms with Gasteiger partial charge in [-0.15, -0.1) is 0 Å². The summed E-state index contributed by atoms with van der Waals surface area (Å²) in [5.41, 5.74) is 7.94. The summed E-state index contributed by atoms with van der Waals surface area (Å²) in [6.07, 6.45) is 0. The average Bonchev–Trinajstić information content (AvgIpc) is 2.47. The molecule has 0 spiro atoms. The van der Waals surface area contributed by atoms with Gasteiger partial charge in [-0.2, -0.15) is 0 Å². The topological polar surface area (TPSA) is 44.5 Å². The van der Waals surface area contributed by atoms with Gasteiger partial charge in [0.15, 0.2) is 11.6 Å². The van der Waals surface area contributed by atoms with Crippen LogP contribution in [0.15, 0.2) is 40.9 Å².